The molecule has 1 saturated heterocycles. The molecular weight excluding hydrogens is 392 g/mol. The number of piperidine rings is 1. The van der Waals surface area contributed by atoms with E-state index in [1.165, 1.54) is 0 Å². The Morgan fingerprint density at radius 2 is 1.84 bits per heavy atom. The number of carbonyl (C=O) groups is 1. The van der Waals surface area contributed by atoms with Gasteiger partial charge in [-0.1, -0.05) is 18.2 Å². The highest BCUT2D eigenvalue weighted by atomic mass is 16.5. The van der Waals surface area contributed by atoms with Crippen LogP contribution in [0.25, 0.3) is 11.3 Å². The van der Waals surface area contributed by atoms with E-state index in [0.717, 1.165) is 60.1 Å². The van der Waals surface area contributed by atoms with Crippen LogP contribution < -0.4 is 19.7 Å². The number of carbonyl (C=O) groups excluding carboxylic acids is 1. The van der Waals surface area contributed by atoms with Crippen LogP contribution in [0, 0.1) is 0 Å². The first kappa shape index (κ1) is 20.8. The van der Waals surface area contributed by atoms with Crippen LogP contribution in [0.1, 0.15) is 18.4 Å². The van der Waals surface area contributed by atoms with Crippen molar-refractivity contribution in [3.05, 3.63) is 60.2 Å². The van der Waals surface area contributed by atoms with Gasteiger partial charge in [-0.15, -0.1) is 0 Å². The van der Waals surface area contributed by atoms with Crippen molar-refractivity contribution in [2.45, 2.75) is 25.3 Å². The third kappa shape index (κ3) is 4.99. The van der Waals surface area contributed by atoms with E-state index < -0.39 is 0 Å². The van der Waals surface area contributed by atoms with Crippen molar-refractivity contribution >= 4 is 11.7 Å². The Labute approximate surface area is 182 Å². The zero-order valence-electron chi connectivity index (χ0n) is 17.9. The zero-order valence-corrected chi connectivity index (χ0v) is 17.9. The van der Waals surface area contributed by atoms with Crippen molar-refractivity contribution in [3.63, 3.8) is 0 Å². The molecule has 0 saturated carbocycles. The molecule has 0 aliphatic carbocycles. The second-order valence-corrected chi connectivity index (χ2v) is 7.69. The second-order valence-electron chi connectivity index (χ2n) is 7.69. The van der Waals surface area contributed by atoms with Gasteiger partial charge in [0.05, 0.1) is 26.3 Å². The van der Waals surface area contributed by atoms with Crippen LogP contribution in [0.2, 0.25) is 0 Å². The summed E-state index contributed by atoms with van der Waals surface area (Å²) in [7, 11) is 3.29. The summed E-state index contributed by atoms with van der Waals surface area (Å²) in [5.41, 5.74) is 2.95. The van der Waals surface area contributed by atoms with Gasteiger partial charge in [-0.2, -0.15) is 5.10 Å². The molecule has 2 heterocycles. The molecule has 31 heavy (non-hydrogen) atoms. The number of H-pyrrole nitrogens is 1. The highest BCUT2D eigenvalue weighted by Gasteiger charge is 2.23. The maximum Gasteiger partial charge on any atom is 0.224 e. The maximum atomic E-state index is 12.5. The van der Waals surface area contributed by atoms with E-state index in [1.807, 2.05) is 48.5 Å². The molecule has 162 valence electrons. The van der Waals surface area contributed by atoms with Gasteiger partial charge in [0.1, 0.15) is 11.5 Å². The summed E-state index contributed by atoms with van der Waals surface area (Å²) in [6.07, 6.45) is 2.11. The fourth-order valence-electron chi connectivity index (χ4n) is 3.95. The lowest BCUT2D eigenvalue weighted by Gasteiger charge is -2.32. The largest absolute Gasteiger partial charge is 0.497 e. The zero-order chi connectivity index (χ0) is 21.6. The number of nitrogens with one attached hydrogen (secondary N) is 2. The van der Waals surface area contributed by atoms with Crippen molar-refractivity contribution in [3.8, 4) is 22.8 Å². The van der Waals surface area contributed by atoms with Crippen LogP contribution in [-0.4, -0.2) is 49.5 Å². The number of aromatic amines is 1. The highest BCUT2D eigenvalue weighted by molar-refractivity contribution is 5.79. The average Bonchev–Trinajstić information content (AvgIpc) is 3.30. The number of rotatable bonds is 7. The highest BCUT2D eigenvalue weighted by Crippen LogP contribution is 2.26. The monoisotopic (exact) mass is 420 g/mol. The molecule has 4 rings (SSSR count). The minimum atomic E-state index is 0.0320. The van der Waals surface area contributed by atoms with Gasteiger partial charge in [0.15, 0.2) is 5.82 Å². The molecule has 7 heteroatoms. The normalized spacial score (nSPS) is 14.3. The molecular formula is C24H28N4O3. The Kier molecular flexibility index (Phi) is 6.40. The number of hydrogen-bond donors (Lipinski definition) is 2. The lowest BCUT2D eigenvalue weighted by Crippen LogP contribution is -2.45. The van der Waals surface area contributed by atoms with Gasteiger partial charge in [0, 0.05) is 30.8 Å². The maximum absolute atomic E-state index is 12.5. The van der Waals surface area contributed by atoms with Crippen molar-refractivity contribution in [1.29, 1.82) is 0 Å². The van der Waals surface area contributed by atoms with Crippen molar-refractivity contribution in [1.82, 2.24) is 15.5 Å². The predicted molar refractivity (Wildman–Crippen MR) is 121 cm³/mol. The fourth-order valence-corrected chi connectivity index (χ4v) is 3.95. The molecule has 0 atom stereocenters. The molecule has 0 unspecified atom stereocenters. The van der Waals surface area contributed by atoms with Crippen LogP contribution in [0.4, 0.5) is 5.82 Å². The molecule has 1 aliphatic heterocycles. The van der Waals surface area contributed by atoms with Crippen LogP contribution in [0.3, 0.4) is 0 Å². The van der Waals surface area contributed by atoms with Crippen LogP contribution >= 0.6 is 0 Å². The van der Waals surface area contributed by atoms with Gasteiger partial charge >= 0.3 is 0 Å². The number of benzene rings is 2. The van der Waals surface area contributed by atoms with Gasteiger partial charge in [-0.25, -0.2) is 0 Å². The Balaban J connectivity index is 1.29. The van der Waals surface area contributed by atoms with Crippen LogP contribution in [-0.2, 0) is 11.2 Å². The molecule has 2 aromatic carbocycles. The van der Waals surface area contributed by atoms with Gasteiger partial charge in [-0.05, 0) is 48.7 Å². The molecule has 0 radical (unpaired) electrons. The van der Waals surface area contributed by atoms with Crippen molar-refractivity contribution < 1.29 is 14.3 Å². The molecule has 0 bridgehead atoms. The van der Waals surface area contributed by atoms with E-state index >= 15 is 0 Å². The molecule has 1 amide bonds. The lowest BCUT2D eigenvalue weighted by atomic mass is 10.0. The predicted octanol–water partition coefficient (Wildman–Crippen LogP) is 3.42. The first-order valence-corrected chi connectivity index (χ1v) is 10.5. The third-order valence-corrected chi connectivity index (χ3v) is 5.69. The summed E-state index contributed by atoms with van der Waals surface area (Å²) >= 11 is 0. The minimum Gasteiger partial charge on any atom is -0.497 e. The van der Waals surface area contributed by atoms with Crippen LogP contribution in [0.15, 0.2) is 54.6 Å². The summed E-state index contributed by atoms with van der Waals surface area (Å²) in [4.78, 5) is 14.8. The summed E-state index contributed by atoms with van der Waals surface area (Å²) in [6, 6.07) is 17.8. The molecule has 1 aliphatic rings. The molecule has 1 fully saturated rings. The molecule has 0 spiro atoms. The summed E-state index contributed by atoms with van der Waals surface area (Å²) in [5, 5.41) is 10.8. The number of amides is 1. The number of anilines is 1. The smallest absolute Gasteiger partial charge is 0.224 e. The van der Waals surface area contributed by atoms with Crippen molar-refractivity contribution in [2.24, 2.45) is 0 Å². The van der Waals surface area contributed by atoms with Crippen molar-refractivity contribution in [2.75, 3.05) is 32.2 Å². The summed E-state index contributed by atoms with van der Waals surface area (Å²) in [5.74, 6) is 2.55. The second kappa shape index (κ2) is 9.55. The van der Waals surface area contributed by atoms with E-state index in [1.54, 1.807) is 14.2 Å². The van der Waals surface area contributed by atoms with Gasteiger partial charge < -0.3 is 19.7 Å². The third-order valence-electron chi connectivity index (χ3n) is 5.69. The Morgan fingerprint density at radius 1 is 1.10 bits per heavy atom. The topological polar surface area (TPSA) is 79.5 Å². The van der Waals surface area contributed by atoms with E-state index in [2.05, 4.69) is 26.5 Å². The Hall–Kier alpha value is -3.48. The number of nitrogens with zero attached hydrogens (tertiary/aromatic N) is 2. The first-order valence-electron chi connectivity index (χ1n) is 10.5. The first-order chi connectivity index (χ1) is 15.2. The quantitative estimate of drug-likeness (QED) is 0.612. The summed E-state index contributed by atoms with van der Waals surface area (Å²) in [6.45, 7) is 1.71. The Bertz CT molecular complexity index is 1010. The average molecular weight is 421 g/mol. The standard InChI is InChI=1S/C24H28N4O3/c1-30-20-9-7-17(8-10-20)21-16-23(27-26-21)28-13-11-19(12-14-28)25-24(29)15-18-5-3-4-6-22(18)31-2/h3-10,16,19H,11-15H2,1-2H3,(H,25,29)(H,26,27). The van der Waals surface area contributed by atoms with E-state index in [9.17, 15) is 4.79 Å². The van der Waals surface area contributed by atoms with Gasteiger partial charge in [0.25, 0.3) is 0 Å². The van der Waals surface area contributed by atoms with Gasteiger partial charge in [0.2, 0.25) is 5.91 Å². The number of methoxy groups -OCH3 is 2. The SMILES string of the molecule is COc1ccc(-c2cc(N3CCC(NC(=O)Cc4ccccc4OC)CC3)n[nH]2)cc1. The van der Waals surface area contributed by atoms with E-state index in [0.29, 0.717) is 6.42 Å². The lowest BCUT2D eigenvalue weighted by molar-refractivity contribution is -0.121. The summed E-state index contributed by atoms with van der Waals surface area (Å²) < 4.78 is 10.6. The minimum absolute atomic E-state index is 0.0320. The Morgan fingerprint density at radius 3 is 2.55 bits per heavy atom. The van der Waals surface area contributed by atoms with Crippen LogP contribution in [0.5, 0.6) is 11.5 Å². The fraction of sp³-hybridized carbons (Fsp3) is 0.333. The number of hydrogen-bond acceptors (Lipinski definition) is 5. The molecule has 3 aromatic rings. The molecule has 1 aromatic heterocycles. The van der Waals surface area contributed by atoms with E-state index in [-0.39, 0.29) is 11.9 Å². The number of ether oxygens (including phenoxy) is 2. The number of aromatic nitrogens is 2. The van der Waals surface area contributed by atoms with Gasteiger partial charge in [-0.3, -0.25) is 9.89 Å². The molecule has 7 nitrogen and oxygen atoms in total. The van der Waals surface area contributed by atoms with E-state index in [4.69, 9.17) is 9.47 Å². The molecule has 2 N–H and O–H groups in total. The number of para-hydroxylation sites is 1.